The van der Waals surface area contributed by atoms with E-state index in [1.165, 1.54) is 0 Å². The van der Waals surface area contributed by atoms with Gasteiger partial charge in [0.05, 0.1) is 12.6 Å². The molecular weight excluding hydrogens is 274 g/mol. The van der Waals surface area contributed by atoms with Gasteiger partial charge in [0.2, 0.25) is 0 Å². The zero-order chi connectivity index (χ0) is 14.6. The Bertz CT molecular complexity index is 377. The largest absolute Gasteiger partial charge is 0.450 e. The van der Waals surface area contributed by atoms with Crippen LogP contribution in [-0.2, 0) is 4.74 Å². The summed E-state index contributed by atoms with van der Waals surface area (Å²) >= 11 is 1.81. The van der Waals surface area contributed by atoms with Gasteiger partial charge < -0.3 is 15.0 Å². The summed E-state index contributed by atoms with van der Waals surface area (Å²) in [6.07, 6.45) is 2.82. The molecule has 114 valence electrons. The van der Waals surface area contributed by atoms with E-state index in [0.717, 1.165) is 43.3 Å². The average molecular weight is 299 g/mol. The van der Waals surface area contributed by atoms with Crippen LogP contribution < -0.4 is 5.32 Å². The molecule has 2 rings (SSSR count). The van der Waals surface area contributed by atoms with Gasteiger partial charge in [0.15, 0.2) is 5.17 Å². The molecule has 20 heavy (non-hydrogen) atoms. The normalized spacial score (nSPS) is 25.4. The van der Waals surface area contributed by atoms with Gasteiger partial charge in [-0.05, 0) is 40.0 Å². The van der Waals surface area contributed by atoms with E-state index in [-0.39, 0.29) is 11.6 Å². The Morgan fingerprint density at radius 2 is 2.20 bits per heavy atom. The first-order chi connectivity index (χ1) is 9.50. The number of hydrogen-bond donors (Lipinski definition) is 1. The number of nitrogens with zero attached hydrogens (tertiary/aromatic N) is 2. The highest BCUT2D eigenvalue weighted by Crippen LogP contribution is 2.23. The van der Waals surface area contributed by atoms with Gasteiger partial charge in [-0.2, -0.15) is 0 Å². The van der Waals surface area contributed by atoms with Crippen molar-refractivity contribution in [2.45, 2.75) is 51.6 Å². The predicted octanol–water partition coefficient (Wildman–Crippen LogP) is 2.47. The van der Waals surface area contributed by atoms with Gasteiger partial charge in [-0.25, -0.2) is 4.79 Å². The van der Waals surface area contributed by atoms with Gasteiger partial charge in [-0.3, -0.25) is 4.99 Å². The minimum atomic E-state index is -0.190. The van der Waals surface area contributed by atoms with Crippen molar-refractivity contribution in [1.82, 2.24) is 10.2 Å². The number of ether oxygens (including phenoxy) is 1. The van der Waals surface area contributed by atoms with E-state index in [9.17, 15) is 4.79 Å². The van der Waals surface area contributed by atoms with Crippen LogP contribution in [0, 0.1) is 0 Å². The lowest BCUT2D eigenvalue weighted by molar-refractivity contribution is 0.0975. The van der Waals surface area contributed by atoms with Crippen LogP contribution in [0.4, 0.5) is 4.79 Å². The molecule has 6 heteroatoms. The van der Waals surface area contributed by atoms with Gasteiger partial charge in [0.1, 0.15) is 0 Å². The first-order valence-corrected chi connectivity index (χ1v) is 8.39. The third-order valence-corrected chi connectivity index (χ3v) is 4.59. The smallest absolute Gasteiger partial charge is 0.409 e. The SMILES string of the molecule is CCOC(=O)N1CCC(N=C2NC(C)(C)CCS2)CC1. The van der Waals surface area contributed by atoms with Crippen molar-refractivity contribution in [3.63, 3.8) is 0 Å². The Kier molecular flexibility index (Phi) is 5.18. The number of piperidine rings is 1. The van der Waals surface area contributed by atoms with E-state index in [1.807, 2.05) is 18.7 Å². The predicted molar refractivity (Wildman–Crippen MR) is 83.3 cm³/mol. The van der Waals surface area contributed by atoms with Gasteiger partial charge in [-0.1, -0.05) is 11.8 Å². The fourth-order valence-electron chi connectivity index (χ4n) is 2.42. The Morgan fingerprint density at radius 3 is 2.80 bits per heavy atom. The number of aliphatic imine (C=N–C) groups is 1. The van der Waals surface area contributed by atoms with Crippen molar-refractivity contribution in [1.29, 1.82) is 0 Å². The number of likely N-dealkylation sites (tertiary alicyclic amines) is 1. The van der Waals surface area contributed by atoms with Gasteiger partial charge in [0, 0.05) is 24.4 Å². The number of nitrogens with one attached hydrogen (secondary N) is 1. The van der Waals surface area contributed by atoms with Crippen molar-refractivity contribution < 1.29 is 9.53 Å². The molecule has 0 aliphatic carbocycles. The molecule has 1 N–H and O–H groups in total. The minimum absolute atomic E-state index is 0.149. The molecule has 0 unspecified atom stereocenters. The highest BCUT2D eigenvalue weighted by Gasteiger charge is 2.27. The van der Waals surface area contributed by atoms with Crippen molar-refractivity contribution in [3.8, 4) is 0 Å². The average Bonchev–Trinajstić information content (AvgIpc) is 2.38. The summed E-state index contributed by atoms with van der Waals surface area (Å²) in [5, 5.41) is 4.57. The maximum absolute atomic E-state index is 11.6. The van der Waals surface area contributed by atoms with E-state index >= 15 is 0 Å². The van der Waals surface area contributed by atoms with Crippen molar-refractivity contribution in [2.24, 2.45) is 4.99 Å². The first kappa shape index (κ1) is 15.5. The van der Waals surface area contributed by atoms with Crippen LogP contribution in [0.5, 0.6) is 0 Å². The number of hydrogen-bond acceptors (Lipinski definition) is 4. The zero-order valence-electron chi connectivity index (χ0n) is 12.6. The fourth-order valence-corrected chi connectivity index (χ4v) is 3.80. The van der Waals surface area contributed by atoms with Crippen LogP contribution in [0.1, 0.15) is 40.0 Å². The second-order valence-corrected chi connectivity index (χ2v) is 7.04. The molecule has 0 bridgehead atoms. The van der Waals surface area contributed by atoms with E-state index in [0.29, 0.717) is 12.6 Å². The third-order valence-electron chi connectivity index (χ3n) is 3.70. The van der Waals surface area contributed by atoms with Crippen molar-refractivity contribution >= 4 is 23.0 Å². The van der Waals surface area contributed by atoms with E-state index in [4.69, 9.17) is 9.73 Å². The molecule has 1 amide bonds. The summed E-state index contributed by atoms with van der Waals surface area (Å²) in [5.74, 6) is 1.13. The fraction of sp³-hybridized carbons (Fsp3) is 0.857. The highest BCUT2D eigenvalue weighted by molar-refractivity contribution is 8.13. The van der Waals surface area contributed by atoms with Crippen LogP contribution in [0.15, 0.2) is 4.99 Å². The third kappa shape index (κ3) is 4.30. The lowest BCUT2D eigenvalue weighted by Crippen LogP contribution is -2.47. The van der Waals surface area contributed by atoms with Crippen molar-refractivity contribution in [2.75, 3.05) is 25.4 Å². The lowest BCUT2D eigenvalue weighted by Gasteiger charge is -2.34. The number of amides is 1. The Hall–Kier alpha value is -0.910. The van der Waals surface area contributed by atoms with Gasteiger partial charge >= 0.3 is 6.09 Å². The summed E-state index contributed by atoms with van der Waals surface area (Å²) in [7, 11) is 0. The molecule has 2 saturated heterocycles. The van der Waals surface area contributed by atoms with Crippen LogP contribution >= 0.6 is 11.8 Å². The van der Waals surface area contributed by atoms with Crippen LogP contribution in [-0.4, -0.2) is 53.2 Å². The zero-order valence-corrected chi connectivity index (χ0v) is 13.5. The van der Waals surface area contributed by atoms with E-state index in [2.05, 4.69) is 19.2 Å². The Morgan fingerprint density at radius 1 is 1.50 bits per heavy atom. The molecule has 0 radical (unpaired) electrons. The molecule has 2 heterocycles. The molecule has 0 atom stereocenters. The number of rotatable bonds is 2. The number of carbonyl (C=O) groups is 1. The second kappa shape index (κ2) is 6.70. The topological polar surface area (TPSA) is 53.9 Å². The molecule has 0 spiro atoms. The molecule has 5 nitrogen and oxygen atoms in total. The van der Waals surface area contributed by atoms with Crippen LogP contribution in [0.3, 0.4) is 0 Å². The maximum Gasteiger partial charge on any atom is 0.409 e. The quantitative estimate of drug-likeness (QED) is 0.851. The van der Waals surface area contributed by atoms with E-state index < -0.39 is 0 Å². The molecule has 2 fully saturated rings. The summed E-state index contributed by atoms with van der Waals surface area (Å²) in [4.78, 5) is 18.2. The monoisotopic (exact) mass is 299 g/mol. The summed E-state index contributed by atoms with van der Waals surface area (Å²) in [6.45, 7) is 8.20. The molecular formula is C14H25N3O2S. The lowest BCUT2D eigenvalue weighted by atomic mass is 10.0. The minimum Gasteiger partial charge on any atom is -0.450 e. The number of carbonyl (C=O) groups excluding carboxylic acids is 1. The first-order valence-electron chi connectivity index (χ1n) is 7.40. The summed E-state index contributed by atoms with van der Waals surface area (Å²) in [6, 6.07) is 0.324. The molecule has 0 aromatic rings. The molecule has 2 aliphatic rings. The highest BCUT2D eigenvalue weighted by atomic mass is 32.2. The number of amidine groups is 1. The molecule has 0 aromatic heterocycles. The molecule has 2 aliphatic heterocycles. The standard InChI is InChI=1S/C14H25N3O2S/c1-4-19-13(18)17-8-5-11(6-9-17)15-12-16-14(2,3)7-10-20-12/h11H,4-10H2,1-3H3,(H,15,16). The number of thioether (sulfide) groups is 1. The maximum atomic E-state index is 11.6. The van der Waals surface area contributed by atoms with Crippen molar-refractivity contribution in [3.05, 3.63) is 0 Å². The van der Waals surface area contributed by atoms with Crippen LogP contribution in [0.25, 0.3) is 0 Å². The molecule has 0 aromatic carbocycles. The van der Waals surface area contributed by atoms with Crippen LogP contribution in [0.2, 0.25) is 0 Å². The van der Waals surface area contributed by atoms with Gasteiger partial charge in [-0.15, -0.1) is 0 Å². The summed E-state index contributed by atoms with van der Waals surface area (Å²) < 4.78 is 5.03. The second-order valence-electron chi connectivity index (χ2n) is 5.96. The van der Waals surface area contributed by atoms with Gasteiger partial charge in [0.25, 0.3) is 0 Å². The van der Waals surface area contributed by atoms with E-state index in [1.54, 1.807) is 4.90 Å². The Balaban J connectivity index is 1.83. The molecule has 0 saturated carbocycles. The summed E-state index contributed by atoms with van der Waals surface area (Å²) in [5.41, 5.74) is 0.149. The Labute approximate surface area is 125 Å².